The molecule has 1 fully saturated rings. The molecule has 0 aromatic heterocycles. The number of ether oxygens (including phenoxy) is 2. The first-order valence-electron chi connectivity index (χ1n) is 6.11. The summed E-state index contributed by atoms with van der Waals surface area (Å²) in [7, 11) is 3.07. The summed E-state index contributed by atoms with van der Waals surface area (Å²) in [6.45, 7) is 4.16. The molecular weight excluding hydrogens is 220 g/mol. The Bertz CT molecular complexity index is 252. The van der Waals surface area contributed by atoms with Crippen molar-refractivity contribution in [2.24, 2.45) is 5.73 Å². The molecule has 0 radical (unpaired) electrons. The molecule has 0 aliphatic heterocycles. The molecular formula is C12H24N2O3. The summed E-state index contributed by atoms with van der Waals surface area (Å²) in [5.41, 5.74) is 5.04. The predicted octanol–water partition coefficient (Wildman–Crippen LogP) is 0.378. The lowest BCUT2D eigenvalue weighted by Crippen LogP contribution is -2.48. The third-order valence-electron chi connectivity index (χ3n) is 3.22. The van der Waals surface area contributed by atoms with Crippen molar-refractivity contribution >= 4 is 5.97 Å². The maximum Gasteiger partial charge on any atom is 0.325 e. The second kappa shape index (κ2) is 6.33. The zero-order chi connectivity index (χ0) is 12.9. The molecule has 0 spiro atoms. The quantitative estimate of drug-likeness (QED) is 0.625. The Morgan fingerprint density at radius 2 is 2.06 bits per heavy atom. The highest BCUT2D eigenvalue weighted by molar-refractivity contribution is 5.79. The molecule has 0 saturated heterocycles. The highest BCUT2D eigenvalue weighted by atomic mass is 16.5. The topological polar surface area (TPSA) is 64.8 Å². The first-order chi connectivity index (χ1) is 8.01. The minimum Gasteiger partial charge on any atom is -0.468 e. The summed E-state index contributed by atoms with van der Waals surface area (Å²) in [5.74, 6) is -0.347. The molecule has 1 aliphatic carbocycles. The Kier molecular flexibility index (Phi) is 5.36. The number of carbonyl (C=O) groups excluding carboxylic acids is 1. The van der Waals surface area contributed by atoms with Gasteiger partial charge in [0.25, 0.3) is 0 Å². The van der Waals surface area contributed by atoms with Crippen LogP contribution in [0.25, 0.3) is 0 Å². The molecule has 1 aliphatic rings. The fourth-order valence-corrected chi connectivity index (χ4v) is 1.84. The normalized spacial score (nSPS) is 19.1. The van der Waals surface area contributed by atoms with E-state index in [0.717, 1.165) is 19.7 Å². The second-order valence-electron chi connectivity index (χ2n) is 4.92. The smallest absolute Gasteiger partial charge is 0.325 e. The predicted molar refractivity (Wildman–Crippen MR) is 65.7 cm³/mol. The van der Waals surface area contributed by atoms with E-state index in [9.17, 15) is 4.79 Å². The Labute approximate surface area is 103 Å². The van der Waals surface area contributed by atoms with Crippen molar-refractivity contribution in [2.45, 2.75) is 37.8 Å². The van der Waals surface area contributed by atoms with Crippen LogP contribution < -0.4 is 5.73 Å². The molecule has 1 rings (SSSR count). The number of nitrogens with zero attached hydrogens (tertiary/aromatic N) is 1. The van der Waals surface area contributed by atoms with Gasteiger partial charge in [-0.2, -0.15) is 0 Å². The van der Waals surface area contributed by atoms with Crippen molar-refractivity contribution in [3.05, 3.63) is 0 Å². The summed E-state index contributed by atoms with van der Waals surface area (Å²) in [6, 6.07) is 0.651. The van der Waals surface area contributed by atoms with Gasteiger partial charge in [0, 0.05) is 26.2 Å². The lowest BCUT2D eigenvalue weighted by molar-refractivity contribution is -0.146. The van der Waals surface area contributed by atoms with E-state index in [1.165, 1.54) is 20.0 Å². The molecule has 17 heavy (non-hydrogen) atoms. The van der Waals surface area contributed by atoms with E-state index in [0.29, 0.717) is 12.5 Å². The number of hydrogen-bond acceptors (Lipinski definition) is 5. The summed E-state index contributed by atoms with van der Waals surface area (Å²) >= 11 is 0. The number of esters is 1. The van der Waals surface area contributed by atoms with Crippen molar-refractivity contribution in [2.75, 3.05) is 33.9 Å². The molecule has 100 valence electrons. The third-order valence-corrected chi connectivity index (χ3v) is 3.22. The first-order valence-corrected chi connectivity index (χ1v) is 6.11. The lowest BCUT2D eigenvalue weighted by Gasteiger charge is -2.27. The molecule has 0 aromatic rings. The van der Waals surface area contributed by atoms with Crippen molar-refractivity contribution in [1.29, 1.82) is 0 Å². The molecule has 1 atom stereocenters. The van der Waals surface area contributed by atoms with E-state index in [-0.39, 0.29) is 5.97 Å². The van der Waals surface area contributed by atoms with Gasteiger partial charge in [0.05, 0.1) is 13.7 Å². The zero-order valence-corrected chi connectivity index (χ0v) is 11.1. The summed E-state index contributed by atoms with van der Waals surface area (Å²) in [4.78, 5) is 13.8. The Morgan fingerprint density at radius 1 is 1.41 bits per heavy atom. The van der Waals surface area contributed by atoms with Gasteiger partial charge in [0.1, 0.15) is 5.54 Å². The largest absolute Gasteiger partial charge is 0.468 e. The fourth-order valence-electron chi connectivity index (χ4n) is 1.84. The zero-order valence-electron chi connectivity index (χ0n) is 11.1. The minimum atomic E-state index is -0.894. The van der Waals surface area contributed by atoms with E-state index < -0.39 is 5.54 Å². The van der Waals surface area contributed by atoms with Gasteiger partial charge in [-0.15, -0.1) is 0 Å². The molecule has 1 unspecified atom stereocenters. The van der Waals surface area contributed by atoms with Crippen LogP contribution in [0.5, 0.6) is 0 Å². The van der Waals surface area contributed by atoms with Crippen molar-refractivity contribution in [1.82, 2.24) is 4.90 Å². The summed E-state index contributed by atoms with van der Waals surface area (Å²) < 4.78 is 9.78. The Morgan fingerprint density at radius 3 is 2.53 bits per heavy atom. The van der Waals surface area contributed by atoms with Crippen LogP contribution in [0.4, 0.5) is 0 Å². The van der Waals surface area contributed by atoms with Gasteiger partial charge in [-0.05, 0) is 26.2 Å². The highest BCUT2D eigenvalue weighted by Gasteiger charge is 2.33. The van der Waals surface area contributed by atoms with E-state index in [4.69, 9.17) is 15.2 Å². The van der Waals surface area contributed by atoms with Gasteiger partial charge < -0.3 is 15.2 Å². The monoisotopic (exact) mass is 244 g/mol. The van der Waals surface area contributed by atoms with E-state index in [1.807, 2.05) is 0 Å². The molecule has 0 aromatic carbocycles. The molecule has 0 bridgehead atoms. The second-order valence-corrected chi connectivity index (χ2v) is 4.92. The van der Waals surface area contributed by atoms with Gasteiger partial charge in [0.15, 0.2) is 0 Å². The van der Waals surface area contributed by atoms with Crippen LogP contribution in [0.1, 0.15) is 26.2 Å². The fraction of sp³-hybridized carbons (Fsp3) is 0.917. The van der Waals surface area contributed by atoms with Crippen molar-refractivity contribution in [3.63, 3.8) is 0 Å². The van der Waals surface area contributed by atoms with E-state index in [1.54, 1.807) is 14.0 Å². The molecule has 2 N–H and O–H groups in total. The maximum atomic E-state index is 11.5. The van der Waals surface area contributed by atoms with E-state index >= 15 is 0 Å². The maximum absolute atomic E-state index is 11.5. The van der Waals surface area contributed by atoms with Crippen LogP contribution in [0.3, 0.4) is 0 Å². The van der Waals surface area contributed by atoms with Gasteiger partial charge in [-0.25, -0.2) is 0 Å². The van der Waals surface area contributed by atoms with Crippen molar-refractivity contribution < 1.29 is 14.3 Å². The number of hydrogen-bond donors (Lipinski definition) is 1. The van der Waals surface area contributed by atoms with Crippen LogP contribution >= 0.6 is 0 Å². The Hall–Kier alpha value is -0.650. The van der Waals surface area contributed by atoms with Crippen LogP contribution in [0.2, 0.25) is 0 Å². The summed E-state index contributed by atoms with van der Waals surface area (Å²) in [6.07, 6.45) is 3.09. The van der Waals surface area contributed by atoms with Crippen LogP contribution in [-0.4, -0.2) is 56.4 Å². The molecule has 0 heterocycles. The summed E-state index contributed by atoms with van der Waals surface area (Å²) in [5, 5.41) is 0. The van der Waals surface area contributed by atoms with Crippen LogP contribution in [0.15, 0.2) is 0 Å². The van der Waals surface area contributed by atoms with Gasteiger partial charge in [-0.1, -0.05) is 0 Å². The molecule has 5 heteroatoms. The van der Waals surface area contributed by atoms with Crippen LogP contribution in [-0.2, 0) is 14.3 Å². The number of carbonyl (C=O) groups is 1. The molecule has 1 saturated carbocycles. The third kappa shape index (κ3) is 4.61. The Balaban J connectivity index is 2.37. The number of nitrogens with two attached hydrogens (primary N) is 1. The van der Waals surface area contributed by atoms with Crippen LogP contribution in [0, 0.1) is 0 Å². The first kappa shape index (κ1) is 14.4. The number of rotatable bonds is 8. The highest BCUT2D eigenvalue weighted by Crippen LogP contribution is 2.27. The standard InChI is InChI=1S/C12H24N2O3/c1-12(13,11(15)17-3)6-7-14(8-9-16-2)10-4-5-10/h10H,4-9,13H2,1-3H3. The minimum absolute atomic E-state index is 0.347. The number of methoxy groups -OCH3 is 2. The average molecular weight is 244 g/mol. The van der Waals surface area contributed by atoms with E-state index in [2.05, 4.69) is 4.90 Å². The van der Waals surface area contributed by atoms with Gasteiger partial charge >= 0.3 is 5.97 Å². The van der Waals surface area contributed by atoms with Gasteiger partial charge in [-0.3, -0.25) is 9.69 Å². The molecule has 0 amide bonds. The SMILES string of the molecule is COCCN(CCC(C)(N)C(=O)OC)C1CC1. The lowest BCUT2D eigenvalue weighted by atomic mass is 9.99. The average Bonchev–Trinajstić information content (AvgIpc) is 3.12. The van der Waals surface area contributed by atoms with Gasteiger partial charge in [0.2, 0.25) is 0 Å². The van der Waals surface area contributed by atoms with Crippen molar-refractivity contribution in [3.8, 4) is 0 Å². The molecule has 5 nitrogen and oxygen atoms in total.